The zero-order valence-corrected chi connectivity index (χ0v) is 11.3. The van der Waals surface area contributed by atoms with E-state index in [1.807, 2.05) is 54.6 Å². The molecule has 2 rings (SSSR count). The molecular weight excluding hydrogens is 252 g/mol. The smallest absolute Gasteiger partial charge is 0.243 e. The third kappa shape index (κ3) is 3.44. The molecule has 2 atom stereocenters. The van der Waals surface area contributed by atoms with Gasteiger partial charge in [0.25, 0.3) is 0 Å². The van der Waals surface area contributed by atoms with Crippen molar-refractivity contribution in [3.05, 3.63) is 54.6 Å². The zero-order valence-electron chi connectivity index (χ0n) is 11.3. The maximum absolute atomic E-state index is 11.7. The van der Waals surface area contributed by atoms with Crippen molar-refractivity contribution < 1.29 is 9.90 Å². The van der Waals surface area contributed by atoms with E-state index in [0.717, 1.165) is 11.1 Å². The number of anilines is 1. The van der Waals surface area contributed by atoms with Crippen LogP contribution < -0.4 is 11.1 Å². The lowest BCUT2D eigenvalue weighted by Gasteiger charge is -2.14. The van der Waals surface area contributed by atoms with E-state index in [1.165, 1.54) is 6.92 Å². The number of nitrogens with two attached hydrogens (primary N) is 1. The van der Waals surface area contributed by atoms with Crippen LogP contribution in [0, 0.1) is 0 Å². The number of benzene rings is 2. The lowest BCUT2D eigenvalue weighted by molar-refractivity contribution is -0.119. The maximum Gasteiger partial charge on any atom is 0.243 e. The molecule has 0 bridgehead atoms. The average Bonchev–Trinajstić information content (AvgIpc) is 2.48. The number of aliphatic hydroxyl groups is 1. The predicted octanol–water partition coefficient (Wildman–Crippen LogP) is 2.00. The van der Waals surface area contributed by atoms with Crippen LogP contribution in [0.4, 0.5) is 5.69 Å². The summed E-state index contributed by atoms with van der Waals surface area (Å²) in [5.41, 5.74) is 8.41. The summed E-state index contributed by atoms with van der Waals surface area (Å²) in [6.45, 7) is 1.49. The molecule has 0 spiro atoms. The van der Waals surface area contributed by atoms with Crippen LogP contribution >= 0.6 is 0 Å². The van der Waals surface area contributed by atoms with Gasteiger partial charge in [-0.3, -0.25) is 4.79 Å². The van der Waals surface area contributed by atoms with Gasteiger partial charge in [0.15, 0.2) is 0 Å². The van der Waals surface area contributed by atoms with Gasteiger partial charge in [-0.05, 0) is 30.2 Å². The summed E-state index contributed by atoms with van der Waals surface area (Å²) < 4.78 is 0. The number of aliphatic hydroxyl groups excluding tert-OH is 1. The molecule has 0 aliphatic heterocycles. The SMILES string of the molecule is C[C@H](O)[C@@H](N)C(=O)Nc1ccc(-c2ccccc2)cc1. The Hall–Kier alpha value is -2.17. The molecule has 4 nitrogen and oxygen atoms in total. The molecule has 0 unspecified atom stereocenters. The molecule has 4 heteroatoms. The Labute approximate surface area is 118 Å². The zero-order chi connectivity index (χ0) is 14.5. The molecule has 0 radical (unpaired) electrons. The van der Waals surface area contributed by atoms with Gasteiger partial charge in [-0.25, -0.2) is 0 Å². The minimum Gasteiger partial charge on any atom is -0.391 e. The van der Waals surface area contributed by atoms with Crippen LogP contribution in [0.3, 0.4) is 0 Å². The van der Waals surface area contributed by atoms with Gasteiger partial charge in [0.2, 0.25) is 5.91 Å². The molecule has 2 aromatic carbocycles. The quantitative estimate of drug-likeness (QED) is 0.795. The number of carbonyl (C=O) groups is 1. The summed E-state index contributed by atoms with van der Waals surface area (Å²) in [4.78, 5) is 11.7. The molecular formula is C16H18N2O2. The Balaban J connectivity index is 2.08. The molecule has 0 aliphatic rings. The van der Waals surface area contributed by atoms with Gasteiger partial charge in [-0.2, -0.15) is 0 Å². The van der Waals surface area contributed by atoms with Crippen LogP contribution in [0.25, 0.3) is 11.1 Å². The number of amides is 1. The van der Waals surface area contributed by atoms with Crippen molar-refractivity contribution in [1.29, 1.82) is 0 Å². The molecule has 0 saturated carbocycles. The summed E-state index contributed by atoms with van der Waals surface area (Å²) in [6.07, 6.45) is -0.876. The molecule has 0 saturated heterocycles. The summed E-state index contributed by atoms with van der Waals surface area (Å²) >= 11 is 0. The molecule has 104 valence electrons. The minimum absolute atomic E-state index is 0.396. The van der Waals surface area contributed by atoms with Crippen molar-refractivity contribution in [3.63, 3.8) is 0 Å². The van der Waals surface area contributed by atoms with E-state index in [0.29, 0.717) is 5.69 Å². The lowest BCUT2D eigenvalue weighted by atomic mass is 10.1. The van der Waals surface area contributed by atoms with Crippen LogP contribution in [0.1, 0.15) is 6.92 Å². The second-order valence-corrected chi connectivity index (χ2v) is 4.70. The Bertz CT molecular complexity index is 565. The Kier molecular flexibility index (Phi) is 4.50. The van der Waals surface area contributed by atoms with Crippen molar-refractivity contribution in [2.24, 2.45) is 5.73 Å². The number of nitrogens with one attached hydrogen (secondary N) is 1. The maximum atomic E-state index is 11.7. The first-order valence-electron chi connectivity index (χ1n) is 6.48. The van der Waals surface area contributed by atoms with E-state index in [1.54, 1.807) is 0 Å². The van der Waals surface area contributed by atoms with Gasteiger partial charge in [0, 0.05) is 5.69 Å². The topological polar surface area (TPSA) is 75.3 Å². The van der Waals surface area contributed by atoms with Gasteiger partial charge in [0.05, 0.1) is 6.10 Å². The number of hydrogen-bond acceptors (Lipinski definition) is 3. The molecule has 4 N–H and O–H groups in total. The van der Waals surface area contributed by atoms with E-state index in [9.17, 15) is 9.90 Å². The first kappa shape index (κ1) is 14.2. The highest BCUT2D eigenvalue weighted by atomic mass is 16.3. The number of hydrogen-bond donors (Lipinski definition) is 3. The van der Waals surface area contributed by atoms with Gasteiger partial charge in [0.1, 0.15) is 6.04 Å². The second kappa shape index (κ2) is 6.32. The minimum atomic E-state index is -0.927. The third-order valence-electron chi connectivity index (χ3n) is 3.08. The first-order valence-corrected chi connectivity index (χ1v) is 6.48. The highest BCUT2D eigenvalue weighted by molar-refractivity contribution is 5.95. The summed E-state index contributed by atoms with van der Waals surface area (Å²) in [5, 5.41) is 12.0. The van der Waals surface area contributed by atoms with E-state index in [4.69, 9.17) is 5.73 Å². The fourth-order valence-electron chi connectivity index (χ4n) is 1.82. The fraction of sp³-hybridized carbons (Fsp3) is 0.188. The van der Waals surface area contributed by atoms with E-state index < -0.39 is 18.1 Å². The Morgan fingerprint density at radius 3 is 2.15 bits per heavy atom. The number of rotatable bonds is 4. The third-order valence-corrected chi connectivity index (χ3v) is 3.08. The predicted molar refractivity (Wildman–Crippen MR) is 80.2 cm³/mol. The highest BCUT2D eigenvalue weighted by Gasteiger charge is 2.18. The standard InChI is InChI=1S/C16H18N2O2/c1-11(19)15(17)16(20)18-14-9-7-13(8-10-14)12-5-3-2-4-6-12/h2-11,15,19H,17H2,1H3,(H,18,20)/t11-,15+/m0/s1. The molecule has 20 heavy (non-hydrogen) atoms. The largest absolute Gasteiger partial charge is 0.391 e. The van der Waals surface area contributed by atoms with E-state index >= 15 is 0 Å². The highest BCUT2D eigenvalue weighted by Crippen LogP contribution is 2.21. The first-order chi connectivity index (χ1) is 9.58. The van der Waals surface area contributed by atoms with Crippen LogP contribution in [0.2, 0.25) is 0 Å². The van der Waals surface area contributed by atoms with Crippen molar-refractivity contribution >= 4 is 11.6 Å². The van der Waals surface area contributed by atoms with Crippen molar-refractivity contribution in [1.82, 2.24) is 0 Å². The second-order valence-electron chi connectivity index (χ2n) is 4.70. The van der Waals surface area contributed by atoms with Crippen molar-refractivity contribution in [2.45, 2.75) is 19.1 Å². The van der Waals surface area contributed by atoms with Crippen LogP contribution in [-0.2, 0) is 4.79 Å². The normalized spacial score (nSPS) is 13.6. The van der Waals surface area contributed by atoms with Crippen LogP contribution in [0.15, 0.2) is 54.6 Å². The van der Waals surface area contributed by atoms with Crippen molar-refractivity contribution in [2.75, 3.05) is 5.32 Å². The fourth-order valence-corrected chi connectivity index (χ4v) is 1.82. The van der Waals surface area contributed by atoms with Gasteiger partial charge in [-0.1, -0.05) is 42.5 Å². The van der Waals surface area contributed by atoms with E-state index in [-0.39, 0.29) is 0 Å². The van der Waals surface area contributed by atoms with E-state index in [2.05, 4.69) is 5.32 Å². The molecule has 1 amide bonds. The van der Waals surface area contributed by atoms with Gasteiger partial charge >= 0.3 is 0 Å². The van der Waals surface area contributed by atoms with Crippen LogP contribution in [-0.4, -0.2) is 23.2 Å². The molecule has 2 aromatic rings. The summed E-state index contributed by atoms with van der Waals surface area (Å²) in [7, 11) is 0. The number of carbonyl (C=O) groups excluding carboxylic acids is 1. The Morgan fingerprint density at radius 2 is 1.60 bits per heavy atom. The van der Waals surface area contributed by atoms with Gasteiger partial charge < -0.3 is 16.2 Å². The van der Waals surface area contributed by atoms with Crippen LogP contribution in [0.5, 0.6) is 0 Å². The lowest BCUT2D eigenvalue weighted by Crippen LogP contribution is -2.43. The monoisotopic (exact) mass is 270 g/mol. The summed E-state index contributed by atoms with van der Waals surface area (Å²) in [6, 6.07) is 16.5. The summed E-state index contributed by atoms with van der Waals surface area (Å²) in [5.74, 6) is -0.396. The van der Waals surface area contributed by atoms with Crippen molar-refractivity contribution in [3.8, 4) is 11.1 Å². The molecule has 0 fully saturated rings. The average molecular weight is 270 g/mol. The van der Waals surface area contributed by atoms with Gasteiger partial charge in [-0.15, -0.1) is 0 Å². The molecule has 0 aromatic heterocycles. The molecule has 0 heterocycles. The molecule has 0 aliphatic carbocycles. The Morgan fingerprint density at radius 1 is 1.05 bits per heavy atom.